The average Bonchev–Trinajstić information content (AvgIpc) is 3.11. The molecule has 0 saturated carbocycles. The smallest absolute Gasteiger partial charge is 0.227 e. The van der Waals surface area contributed by atoms with E-state index in [1.54, 1.807) is 31.3 Å². The molecule has 33 heavy (non-hydrogen) atoms. The summed E-state index contributed by atoms with van der Waals surface area (Å²) in [6.45, 7) is 4.19. The minimum atomic E-state index is -1.34. The fraction of sp³-hybridized carbons (Fsp3) is 0.261. The summed E-state index contributed by atoms with van der Waals surface area (Å²) in [5, 5.41) is 34.9. The number of fused-ring (bicyclic) bond motifs is 1. The Morgan fingerprint density at radius 2 is 2.09 bits per heavy atom. The van der Waals surface area contributed by atoms with E-state index in [-0.39, 0.29) is 12.2 Å². The minimum absolute atomic E-state index is 0.0503. The third-order valence-corrected chi connectivity index (χ3v) is 6.08. The van der Waals surface area contributed by atoms with Gasteiger partial charge in [-0.1, -0.05) is 6.92 Å². The first-order valence-corrected chi connectivity index (χ1v) is 10.6. The molecule has 4 rings (SSSR count). The Hall–Kier alpha value is -3.41. The molecule has 1 aromatic heterocycles. The molecular formula is C23H24B2FN5O2. The third kappa shape index (κ3) is 4.17. The van der Waals surface area contributed by atoms with Gasteiger partial charge in [-0.25, -0.2) is 14.4 Å². The van der Waals surface area contributed by atoms with E-state index < -0.39 is 16.6 Å². The molecule has 166 valence electrons. The first-order chi connectivity index (χ1) is 15.6. The molecule has 0 amide bonds. The van der Waals surface area contributed by atoms with Crippen molar-refractivity contribution in [3.05, 3.63) is 64.6 Å². The number of hydrogen-bond donors (Lipinski definition) is 4. The van der Waals surface area contributed by atoms with Crippen LogP contribution in [0.4, 0.5) is 21.7 Å². The molecule has 1 aliphatic heterocycles. The Bertz CT molecular complexity index is 1290. The van der Waals surface area contributed by atoms with Gasteiger partial charge in [0.2, 0.25) is 5.95 Å². The van der Waals surface area contributed by atoms with E-state index >= 15 is 0 Å². The molecule has 2 heterocycles. The van der Waals surface area contributed by atoms with Crippen molar-refractivity contribution in [3.63, 3.8) is 0 Å². The van der Waals surface area contributed by atoms with E-state index in [2.05, 4.69) is 26.7 Å². The number of aryl methyl sites for hydroxylation is 1. The van der Waals surface area contributed by atoms with Crippen molar-refractivity contribution in [2.24, 2.45) is 0 Å². The second-order valence-corrected chi connectivity index (χ2v) is 9.23. The minimum Gasteiger partial charge on any atom is -0.403 e. The van der Waals surface area contributed by atoms with Crippen LogP contribution in [0.2, 0.25) is 0 Å². The van der Waals surface area contributed by atoms with E-state index in [4.69, 9.17) is 0 Å². The second-order valence-electron chi connectivity index (χ2n) is 9.23. The van der Waals surface area contributed by atoms with Crippen LogP contribution in [0.3, 0.4) is 0 Å². The summed E-state index contributed by atoms with van der Waals surface area (Å²) < 4.78 is 14.4. The van der Waals surface area contributed by atoms with Crippen molar-refractivity contribution in [1.29, 1.82) is 5.26 Å². The molecule has 2 aromatic carbocycles. The van der Waals surface area contributed by atoms with Crippen LogP contribution in [-0.4, -0.2) is 49.0 Å². The van der Waals surface area contributed by atoms with Crippen LogP contribution in [-0.2, 0) is 10.8 Å². The van der Waals surface area contributed by atoms with Crippen molar-refractivity contribution in [3.8, 4) is 17.3 Å². The van der Waals surface area contributed by atoms with Gasteiger partial charge in [0.25, 0.3) is 0 Å². The predicted molar refractivity (Wildman–Crippen MR) is 131 cm³/mol. The Balaban J connectivity index is 1.74. The van der Waals surface area contributed by atoms with Gasteiger partial charge < -0.3 is 20.8 Å². The van der Waals surface area contributed by atoms with Gasteiger partial charge in [0, 0.05) is 40.4 Å². The molecule has 0 saturated heterocycles. The van der Waals surface area contributed by atoms with Gasteiger partial charge in [-0.05, 0) is 48.4 Å². The van der Waals surface area contributed by atoms with Gasteiger partial charge in [-0.3, -0.25) is 0 Å². The summed E-state index contributed by atoms with van der Waals surface area (Å²) in [6.07, 6.45) is 1.60. The van der Waals surface area contributed by atoms with Gasteiger partial charge in [-0.15, -0.1) is 0 Å². The number of aromatic nitrogens is 2. The monoisotopic (exact) mass is 443 g/mol. The van der Waals surface area contributed by atoms with Gasteiger partial charge in [-0.2, -0.15) is 5.26 Å². The number of aliphatic hydroxyl groups excluding tert-OH is 1. The molecule has 1 unspecified atom stereocenters. The van der Waals surface area contributed by atoms with E-state index in [1.165, 1.54) is 21.8 Å². The van der Waals surface area contributed by atoms with Crippen molar-refractivity contribution in [1.82, 2.24) is 9.97 Å². The van der Waals surface area contributed by atoms with E-state index in [0.29, 0.717) is 35.0 Å². The third-order valence-electron chi connectivity index (χ3n) is 6.08. The Morgan fingerprint density at radius 1 is 1.33 bits per heavy atom. The van der Waals surface area contributed by atoms with E-state index in [9.17, 15) is 19.9 Å². The number of nitrogens with one attached hydrogen (secondary N) is 2. The van der Waals surface area contributed by atoms with Crippen LogP contribution in [0, 0.1) is 24.1 Å². The maximum Gasteiger partial charge on any atom is 0.227 e. The summed E-state index contributed by atoms with van der Waals surface area (Å²) in [7, 11) is 3.05. The standard InChI is InChI=1S/C23H24B2FN5O2/c1-12-5-17(26)15(23(24,25)33)8-19(12)31-21-28-4-3-18(30-21)13-6-14(9-27)20-16(7-13)22(2,11-32)10-29-20/h3-8,29,32-33H,10-11,24-25H2,1-2H3,(H,28,30,31). The predicted octanol–water partition coefficient (Wildman–Crippen LogP) is 1.25. The highest BCUT2D eigenvalue weighted by atomic mass is 19.1. The zero-order chi connectivity index (χ0) is 24.0. The lowest BCUT2D eigenvalue weighted by Gasteiger charge is -2.21. The van der Waals surface area contributed by atoms with Crippen LogP contribution >= 0.6 is 0 Å². The number of anilines is 3. The van der Waals surface area contributed by atoms with Crippen LogP contribution in [0.25, 0.3) is 11.3 Å². The zero-order valence-electron chi connectivity index (χ0n) is 19.0. The maximum absolute atomic E-state index is 14.4. The highest BCUT2D eigenvalue weighted by Gasteiger charge is 2.36. The highest BCUT2D eigenvalue weighted by molar-refractivity contribution is 6.38. The molecule has 4 N–H and O–H groups in total. The lowest BCUT2D eigenvalue weighted by Crippen LogP contribution is -2.28. The van der Waals surface area contributed by atoms with Gasteiger partial charge in [0.15, 0.2) is 0 Å². The summed E-state index contributed by atoms with van der Waals surface area (Å²) in [5.74, 6) is -0.186. The van der Waals surface area contributed by atoms with E-state index in [1.807, 2.05) is 13.0 Å². The average molecular weight is 443 g/mol. The Kier molecular flexibility index (Phi) is 5.64. The van der Waals surface area contributed by atoms with Crippen LogP contribution in [0.5, 0.6) is 0 Å². The second kappa shape index (κ2) is 8.18. The molecule has 0 spiro atoms. The number of aliphatic hydroxyl groups is 2. The fourth-order valence-corrected chi connectivity index (χ4v) is 4.04. The molecule has 0 radical (unpaired) electrons. The van der Waals surface area contributed by atoms with Crippen LogP contribution in [0.15, 0.2) is 36.5 Å². The van der Waals surface area contributed by atoms with Crippen molar-refractivity contribution < 1.29 is 14.6 Å². The fourth-order valence-electron chi connectivity index (χ4n) is 4.04. The van der Waals surface area contributed by atoms with Crippen LogP contribution < -0.4 is 10.6 Å². The largest absolute Gasteiger partial charge is 0.403 e. The Labute approximate surface area is 193 Å². The van der Waals surface area contributed by atoms with Crippen molar-refractivity contribution >= 4 is 33.0 Å². The number of nitrogens with zero attached hydrogens (tertiary/aromatic N) is 3. The number of rotatable bonds is 5. The number of halogens is 1. The lowest BCUT2D eigenvalue weighted by molar-refractivity contribution is 0.211. The van der Waals surface area contributed by atoms with E-state index in [0.717, 1.165) is 16.8 Å². The van der Waals surface area contributed by atoms with Crippen LogP contribution in [0.1, 0.15) is 29.2 Å². The number of hydrogen-bond acceptors (Lipinski definition) is 7. The highest BCUT2D eigenvalue weighted by Crippen LogP contribution is 2.41. The number of nitriles is 1. The van der Waals surface area contributed by atoms with Gasteiger partial charge in [0.1, 0.15) is 27.6 Å². The normalized spacial score (nSPS) is 17.2. The SMILES string of the molecule is BC(B)(O)c1cc(Nc2nccc(-c3cc(C#N)c4c(c3)C(C)(CO)CN4)n2)c(C)cc1F. The van der Waals surface area contributed by atoms with Gasteiger partial charge in [0.05, 0.1) is 23.6 Å². The molecule has 3 aromatic rings. The summed E-state index contributed by atoms with van der Waals surface area (Å²) in [5.41, 5.74) is 4.31. The summed E-state index contributed by atoms with van der Waals surface area (Å²) in [4.78, 5) is 8.88. The van der Waals surface area contributed by atoms with Crippen molar-refractivity contribution in [2.75, 3.05) is 23.8 Å². The first kappa shape index (κ1) is 22.8. The topological polar surface area (TPSA) is 114 Å². The quantitative estimate of drug-likeness (QED) is 0.439. The first-order valence-electron chi connectivity index (χ1n) is 10.6. The summed E-state index contributed by atoms with van der Waals surface area (Å²) in [6, 6.07) is 10.6. The molecule has 1 aliphatic rings. The zero-order valence-corrected chi connectivity index (χ0v) is 19.0. The molecular weight excluding hydrogens is 419 g/mol. The molecule has 0 aliphatic carbocycles. The van der Waals surface area contributed by atoms with Crippen molar-refractivity contribution in [2.45, 2.75) is 24.7 Å². The Morgan fingerprint density at radius 3 is 2.76 bits per heavy atom. The molecule has 1 atom stereocenters. The molecule has 10 heteroatoms. The number of benzene rings is 2. The lowest BCUT2D eigenvalue weighted by atomic mass is 9.61. The molecule has 0 fully saturated rings. The summed E-state index contributed by atoms with van der Waals surface area (Å²) >= 11 is 0. The molecule has 7 nitrogen and oxygen atoms in total. The maximum atomic E-state index is 14.4. The van der Waals surface area contributed by atoms with Gasteiger partial charge >= 0.3 is 0 Å². The molecule has 0 bridgehead atoms.